The van der Waals surface area contributed by atoms with Crippen molar-refractivity contribution in [2.75, 3.05) is 0 Å². The van der Waals surface area contributed by atoms with Crippen molar-refractivity contribution in [3.8, 4) is 0 Å². The fourth-order valence-corrected chi connectivity index (χ4v) is 0. The third kappa shape index (κ3) is 2.85. The molecule has 0 spiro atoms. The third-order valence-corrected chi connectivity index (χ3v) is 2.18. The Labute approximate surface area is 46.9 Å². The van der Waals surface area contributed by atoms with Crippen LogP contribution < -0.4 is 5.73 Å². The minimum atomic E-state index is -3.49. The van der Waals surface area contributed by atoms with E-state index in [-0.39, 0.29) is 0 Å². The lowest BCUT2D eigenvalue weighted by molar-refractivity contribution is 0.599. The van der Waals surface area contributed by atoms with Gasteiger partial charge in [0, 0.05) is 10.7 Å². The van der Waals surface area contributed by atoms with Gasteiger partial charge in [0.15, 0.2) is 0 Å². The second-order valence-corrected chi connectivity index (χ2v) is 4.17. The van der Waals surface area contributed by atoms with Crippen molar-refractivity contribution in [2.24, 2.45) is 5.73 Å². The van der Waals surface area contributed by atoms with Crippen LogP contribution in [0.25, 0.3) is 0 Å². The average Bonchev–Trinajstić information content (AvgIpc) is 1.31. The molecule has 0 radical (unpaired) electrons. The van der Waals surface area contributed by atoms with E-state index in [1.165, 1.54) is 6.92 Å². The lowest BCUT2D eigenvalue weighted by atomic mass is 10.8. The molecule has 0 saturated carbocycles. The molecule has 0 aliphatic carbocycles. The number of hydrogen-bond acceptors (Lipinski definition) is 3. The van der Waals surface area contributed by atoms with Crippen LogP contribution in [0.2, 0.25) is 0 Å². The van der Waals surface area contributed by atoms with Gasteiger partial charge in [0.2, 0.25) is 9.05 Å². The second kappa shape index (κ2) is 1.98. The maximum atomic E-state index is 9.97. The van der Waals surface area contributed by atoms with Gasteiger partial charge in [0.25, 0.3) is 0 Å². The van der Waals surface area contributed by atoms with E-state index in [0.717, 1.165) is 0 Å². The van der Waals surface area contributed by atoms with Crippen LogP contribution in [0.4, 0.5) is 0 Å². The quantitative estimate of drug-likeness (QED) is 0.520. The SMILES string of the molecule is CC(N)S(=O)(=O)Cl. The molecule has 44 valence electrons. The molecule has 5 heteroatoms. The topological polar surface area (TPSA) is 60.2 Å². The number of rotatable bonds is 1. The molecule has 0 rings (SSSR count). The standard InChI is InChI=1S/C2H6ClNO2S/c1-2(4)7(3,5)6/h2H,4H2,1H3. The maximum Gasteiger partial charge on any atom is 0.248 e. The predicted molar refractivity (Wildman–Crippen MR) is 28.4 cm³/mol. The van der Waals surface area contributed by atoms with Crippen molar-refractivity contribution in [3.63, 3.8) is 0 Å². The molecule has 7 heavy (non-hydrogen) atoms. The molecule has 0 aromatic heterocycles. The molecular weight excluding hydrogens is 138 g/mol. The van der Waals surface area contributed by atoms with Gasteiger partial charge in [-0.1, -0.05) is 0 Å². The van der Waals surface area contributed by atoms with Crippen LogP contribution in [0.1, 0.15) is 6.92 Å². The monoisotopic (exact) mass is 143 g/mol. The number of halogens is 1. The van der Waals surface area contributed by atoms with Gasteiger partial charge in [-0.3, -0.25) is 0 Å². The first-order valence-corrected chi connectivity index (χ1v) is 4.01. The molecule has 0 aromatic carbocycles. The van der Waals surface area contributed by atoms with Crippen LogP contribution in [0, 0.1) is 0 Å². The summed E-state index contributed by atoms with van der Waals surface area (Å²) in [4.78, 5) is 0. The zero-order valence-electron chi connectivity index (χ0n) is 3.76. The van der Waals surface area contributed by atoms with E-state index >= 15 is 0 Å². The lowest BCUT2D eigenvalue weighted by Gasteiger charge is -1.94. The highest BCUT2D eigenvalue weighted by Gasteiger charge is 2.09. The normalized spacial score (nSPS) is 16.4. The molecule has 0 fully saturated rings. The molecule has 0 aromatic rings. The molecule has 1 atom stereocenters. The Morgan fingerprint density at radius 2 is 1.86 bits per heavy atom. The summed E-state index contributed by atoms with van der Waals surface area (Å²) in [5.74, 6) is 0. The molecule has 0 aliphatic rings. The Kier molecular flexibility index (Phi) is 2.04. The summed E-state index contributed by atoms with van der Waals surface area (Å²) >= 11 is 0. The Morgan fingerprint density at radius 3 is 1.86 bits per heavy atom. The van der Waals surface area contributed by atoms with Crippen LogP contribution in [0.3, 0.4) is 0 Å². The van der Waals surface area contributed by atoms with Crippen molar-refractivity contribution < 1.29 is 8.42 Å². The average molecular weight is 144 g/mol. The fourth-order valence-electron chi connectivity index (χ4n) is 0. The number of nitrogens with two attached hydrogens (primary N) is 1. The minimum Gasteiger partial charge on any atom is -0.314 e. The smallest absolute Gasteiger partial charge is 0.248 e. The first kappa shape index (κ1) is 7.20. The molecule has 0 saturated heterocycles. The summed E-state index contributed by atoms with van der Waals surface area (Å²) in [6.07, 6.45) is 0. The van der Waals surface area contributed by atoms with Crippen LogP contribution in [0.15, 0.2) is 0 Å². The highest BCUT2D eigenvalue weighted by molar-refractivity contribution is 8.14. The van der Waals surface area contributed by atoms with Gasteiger partial charge >= 0.3 is 0 Å². The lowest BCUT2D eigenvalue weighted by Crippen LogP contribution is -2.21. The Balaban J connectivity index is 4.10. The Hall–Kier alpha value is 0.200. The van der Waals surface area contributed by atoms with Crippen molar-refractivity contribution in [2.45, 2.75) is 12.3 Å². The largest absolute Gasteiger partial charge is 0.314 e. The first-order valence-electron chi connectivity index (χ1n) is 1.63. The summed E-state index contributed by atoms with van der Waals surface area (Å²) in [5, 5.41) is -0.964. The van der Waals surface area contributed by atoms with E-state index in [9.17, 15) is 8.42 Å². The van der Waals surface area contributed by atoms with Gasteiger partial charge in [-0.2, -0.15) is 0 Å². The van der Waals surface area contributed by atoms with E-state index in [4.69, 9.17) is 16.4 Å². The van der Waals surface area contributed by atoms with Crippen LogP contribution in [0.5, 0.6) is 0 Å². The molecule has 0 aliphatic heterocycles. The zero-order valence-corrected chi connectivity index (χ0v) is 5.33. The summed E-state index contributed by atoms with van der Waals surface area (Å²) in [5.41, 5.74) is 4.85. The summed E-state index contributed by atoms with van der Waals surface area (Å²) in [7, 11) is 1.22. The fraction of sp³-hybridized carbons (Fsp3) is 1.00. The van der Waals surface area contributed by atoms with Gasteiger partial charge in [0.1, 0.15) is 5.37 Å². The first-order chi connectivity index (χ1) is 2.94. The molecular formula is C2H6ClNO2S. The highest BCUT2D eigenvalue weighted by atomic mass is 35.7. The molecule has 3 nitrogen and oxygen atoms in total. The summed E-state index contributed by atoms with van der Waals surface area (Å²) in [6.45, 7) is 1.31. The van der Waals surface area contributed by atoms with E-state index in [1.54, 1.807) is 0 Å². The van der Waals surface area contributed by atoms with E-state index < -0.39 is 14.4 Å². The zero-order chi connectivity index (χ0) is 6.08. The highest BCUT2D eigenvalue weighted by Crippen LogP contribution is 1.98. The molecule has 1 unspecified atom stereocenters. The van der Waals surface area contributed by atoms with Gasteiger partial charge in [-0.15, -0.1) is 0 Å². The van der Waals surface area contributed by atoms with E-state index in [2.05, 4.69) is 0 Å². The van der Waals surface area contributed by atoms with Crippen LogP contribution in [-0.2, 0) is 9.05 Å². The summed E-state index contributed by atoms with van der Waals surface area (Å²) < 4.78 is 19.9. The molecule has 0 amide bonds. The van der Waals surface area contributed by atoms with Crippen molar-refractivity contribution in [1.29, 1.82) is 0 Å². The Morgan fingerprint density at radius 1 is 1.71 bits per heavy atom. The summed E-state index contributed by atoms with van der Waals surface area (Å²) in [6, 6.07) is 0. The van der Waals surface area contributed by atoms with Crippen molar-refractivity contribution in [1.82, 2.24) is 0 Å². The molecule has 0 bridgehead atoms. The van der Waals surface area contributed by atoms with Crippen LogP contribution in [-0.4, -0.2) is 13.8 Å². The Bertz CT molecular complexity index is 138. The minimum absolute atomic E-state index is 0.964. The van der Waals surface area contributed by atoms with Crippen molar-refractivity contribution >= 4 is 19.7 Å². The van der Waals surface area contributed by atoms with Crippen molar-refractivity contribution in [3.05, 3.63) is 0 Å². The number of hydrogen-bond donors (Lipinski definition) is 1. The maximum absolute atomic E-state index is 9.97. The van der Waals surface area contributed by atoms with Gasteiger partial charge in [0.05, 0.1) is 0 Å². The van der Waals surface area contributed by atoms with Crippen LogP contribution >= 0.6 is 10.7 Å². The van der Waals surface area contributed by atoms with E-state index in [1.807, 2.05) is 0 Å². The van der Waals surface area contributed by atoms with Gasteiger partial charge < -0.3 is 5.73 Å². The van der Waals surface area contributed by atoms with E-state index in [0.29, 0.717) is 0 Å². The molecule has 2 N–H and O–H groups in total. The van der Waals surface area contributed by atoms with Gasteiger partial charge in [-0.05, 0) is 6.92 Å². The third-order valence-electron chi connectivity index (χ3n) is 0.444. The molecule has 0 heterocycles. The predicted octanol–water partition coefficient (Wildman–Crippen LogP) is -0.140. The second-order valence-electron chi connectivity index (χ2n) is 1.18. The van der Waals surface area contributed by atoms with Gasteiger partial charge in [-0.25, -0.2) is 8.42 Å².